The first-order chi connectivity index (χ1) is 11.2. The van der Waals surface area contributed by atoms with Gasteiger partial charge in [-0.25, -0.2) is 4.68 Å². The number of tetrazole rings is 1. The van der Waals surface area contributed by atoms with E-state index in [1.54, 1.807) is 18.1 Å². The minimum atomic E-state index is 0.663. The highest BCUT2D eigenvalue weighted by Crippen LogP contribution is 2.24. The van der Waals surface area contributed by atoms with Crippen molar-refractivity contribution in [3.05, 3.63) is 41.5 Å². The molecule has 1 aromatic carbocycles. The fourth-order valence-corrected chi connectivity index (χ4v) is 3.26. The Morgan fingerprint density at radius 1 is 1.17 bits per heavy atom. The first kappa shape index (κ1) is 15.7. The predicted molar refractivity (Wildman–Crippen MR) is 88.5 cm³/mol. The Morgan fingerprint density at radius 2 is 2.04 bits per heavy atom. The molecule has 0 bridgehead atoms. The average molecular weight is 329 g/mol. The van der Waals surface area contributed by atoms with Crippen LogP contribution in [0.1, 0.15) is 30.3 Å². The minimum Gasteiger partial charge on any atom is -0.276 e. The second kappa shape index (κ2) is 6.91. The van der Waals surface area contributed by atoms with Gasteiger partial charge in [-0.1, -0.05) is 36.4 Å². The number of nitrogens with zero attached hydrogens (tertiary/aromatic N) is 7. The van der Waals surface area contributed by atoms with Gasteiger partial charge in [-0.3, -0.25) is 4.57 Å². The van der Waals surface area contributed by atoms with Gasteiger partial charge in [0.2, 0.25) is 0 Å². The maximum atomic E-state index is 4.23. The van der Waals surface area contributed by atoms with E-state index in [0.29, 0.717) is 5.75 Å². The summed E-state index contributed by atoms with van der Waals surface area (Å²) in [6.07, 6.45) is 2.75. The van der Waals surface area contributed by atoms with Crippen LogP contribution in [0.3, 0.4) is 0 Å². The molecule has 7 nitrogen and oxygen atoms in total. The van der Waals surface area contributed by atoms with Crippen LogP contribution in [0.5, 0.6) is 0 Å². The molecule has 2 heterocycles. The number of aryl methyl sites for hydroxylation is 3. The van der Waals surface area contributed by atoms with Gasteiger partial charge >= 0.3 is 0 Å². The zero-order chi connectivity index (χ0) is 16.2. The van der Waals surface area contributed by atoms with Crippen molar-refractivity contribution in [2.75, 3.05) is 0 Å². The third-order valence-electron chi connectivity index (χ3n) is 3.50. The summed E-state index contributed by atoms with van der Waals surface area (Å²) in [7, 11) is 0. The Hall–Kier alpha value is -2.22. The van der Waals surface area contributed by atoms with Crippen molar-refractivity contribution in [2.45, 2.75) is 44.6 Å². The monoisotopic (exact) mass is 329 g/mol. The van der Waals surface area contributed by atoms with Gasteiger partial charge in [0.25, 0.3) is 0 Å². The molecule has 0 amide bonds. The van der Waals surface area contributed by atoms with E-state index in [1.165, 1.54) is 11.1 Å². The Balaban J connectivity index is 1.80. The Kier molecular flexibility index (Phi) is 4.71. The summed E-state index contributed by atoms with van der Waals surface area (Å²) in [5, 5.41) is 21.0. The van der Waals surface area contributed by atoms with Crippen LogP contribution in [0.4, 0.5) is 0 Å². The Labute approximate surface area is 139 Å². The van der Waals surface area contributed by atoms with Gasteiger partial charge in [0.1, 0.15) is 6.33 Å². The molecular formula is C15H19N7S. The van der Waals surface area contributed by atoms with Gasteiger partial charge in [-0.05, 0) is 42.3 Å². The molecule has 2 aromatic heterocycles. The molecule has 0 aliphatic rings. The van der Waals surface area contributed by atoms with Gasteiger partial charge in [-0.2, -0.15) is 0 Å². The van der Waals surface area contributed by atoms with Crippen molar-refractivity contribution in [1.82, 2.24) is 35.0 Å². The van der Waals surface area contributed by atoms with Crippen LogP contribution in [-0.4, -0.2) is 35.0 Å². The zero-order valence-electron chi connectivity index (χ0n) is 13.5. The molecule has 0 spiro atoms. The van der Waals surface area contributed by atoms with Gasteiger partial charge < -0.3 is 0 Å². The summed E-state index contributed by atoms with van der Waals surface area (Å²) in [4.78, 5) is 0. The summed E-state index contributed by atoms with van der Waals surface area (Å²) in [6.45, 7) is 7.12. The quantitative estimate of drug-likeness (QED) is 0.647. The summed E-state index contributed by atoms with van der Waals surface area (Å²) in [6, 6.07) is 6.35. The molecule has 3 aromatic rings. The molecule has 0 radical (unpaired) electrons. The fourth-order valence-electron chi connectivity index (χ4n) is 2.40. The van der Waals surface area contributed by atoms with Crippen LogP contribution < -0.4 is 0 Å². The molecule has 0 saturated heterocycles. The third kappa shape index (κ3) is 3.42. The van der Waals surface area contributed by atoms with Crippen LogP contribution >= 0.6 is 11.8 Å². The highest BCUT2D eigenvalue weighted by molar-refractivity contribution is 7.98. The lowest BCUT2D eigenvalue weighted by molar-refractivity contribution is 0.564. The normalized spacial score (nSPS) is 11.1. The number of thioether (sulfide) groups is 1. The second-order valence-corrected chi connectivity index (χ2v) is 6.32. The van der Waals surface area contributed by atoms with Crippen LogP contribution in [0.15, 0.2) is 29.7 Å². The van der Waals surface area contributed by atoms with Gasteiger partial charge in [0, 0.05) is 6.54 Å². The number of hydrogen-bond acceptors (Lipinski definition) is 6. The number of rotatable bonds is 6. The zero-order valence-corrected chi connectivity index (χ0v) is 14.3. The Bertz CT molecular complexity index is 793. The molecule has 0 aliphatic heterocycles. The number of aromatic nitrogens is 7. The summed E-state index contributed by atoms with van der Waals surface area (Å²) >= 11 is 1.59. The van der Waals surface area contributed by atoms with Crippen LogP contribution in [0, 0.1) is 13.8 Å². The summed E-state index contributed by atoms with van der Waals surface area (Å²) in [5.41, 5.74) is 3.53. The molecule has 0 fully saturated rings. The molecule has 8 heteroatoms. The van der Waals surface area contributed by atoms with Gasteiger partial charge in [0.15, 0.2) is 11.0 Å². The topological polar surface area (TPSA) is 74.3 Å². The van der Waals surface area contributed by atoms with Crippen molar-refractivity contribution in [2.24, 2.45) is 0 Å². The van der Waals surface area contributed by atoms with E-state index in [1.807, 2.05) is 9.25 Å². The minimum absolute atomic E-state index is 0.663. The van der Waals surface area contributed by atoms with Crippen molar-refractivity contribution >= 4 is 11.8 Å². The fraction of sp³-hybridized carbons (Fsp3) is 0.400. The Morgan fingerprint density at radius 3 is 2.83 bits per heavy atom. The summed E-state index contributed by atoms with van der Waals surface area (Å²) < 4.78 is 3.85. The molecular weight excluding hydrogens is 310 g/mol. The standard InChI is InChI=1S/C15H19N7S/c1-4-7-22-14(17-19-20-22)9-23-15-18-16-10-21(15)13-6-5-11(2)8-12(13)3/h5-6,8,10H,4,7,9H2,1-3H3. The highest BCUT2D eigenvalue weighted by Gasteiger charge is 2.12. The van der Waals surface area contributed by atoms with E-state index < -0.39 is 0 Å². The van der Waals surface area contributed by atoms with Crippen molar-refractivity contribution in [3.63, 3.8) is 0 Å². The molecule has 0 N–H and O–H groups in total. The molecule has 0 unspecified atom stereocenters. The average Bonchev–Trinajstić information content (AvgIpc) is 3.15. The molecule has 3 rings (SSSR count). The van der Waals surface area contributed by atoms with Crippen molar-refractivity contribution < 1.29 is 0 Å². The lowest BCUT2D eigenvalue weighted by Gasteiger charge is -2.10. The van der Waals surface area contributed by atoms with Gasteiger partial charge in [0.05, 0.1) is 11.4 Å². The second-order valence-electron chi connectivity index (χ2n) is 5.38. The van der Waals surface area contributed by atoms with E-state index in [0.717, 1.165) is 29.6 Å². The highest BCUT2D eigenvalue weighted by atomic mass is 32.2. The van der Waals surface area contributed by atoms with Crippen LogP contribution in [-0.2, 0) is 12.3 Å². The molecule has 0 aliphatic carbocycles. The number of hydrogen-bond donors (Lipinski definition) is 0. The largest absolute Gasteiger partial charge is 0.276 e. The third-order valence-corrected chi connectivity index (χ3v) is 4.44. The van der Waals surface area contributed by atoms with E-state index in [2.05, 4.69) is 64.7 Å². The molecule has 0 saturated carbocycles. The maximum Gasteiger partial charge on any atom is 0.196 e. The lowest BCUT2D eigenvalue weighted by atomic mass is 10.1. The summed E-state index contributed by atoms with van der Waals surface area (Å²) in [5.74, 6) is 1.52. The number of benzene rings is 1. The van der Waals surface area contributed by atoms with Crippen LogP contribution in [0.2, 0.25) is 0 Å². The van der Waals surface area contributed by atoms with E-state index in [9.17, 15) is 0 Å². The first-order valence-corrected chi connectivity index (χ1v) is 8.53. The van der Waals surface area contributed by atoms with Gasteiger partial charge in [-0.15, -0.1) is 15.3 Å². The predicted octanol–water partition coefficient (Wildman–Crippen LogP) is 2.57. The van der Waals surface area contributed by atoms with Crippen molar-refractivity contribution in [1.29, 1.82) is 0 Å². The maximum absolute atomic E-state index is 4.23. The lowest BCUT2D eigenvalue weighted by Crippen LogP contribution is -2.05. The SMILES string of the molecule is CCCn1nnnc1CSc1nncn1-c1ccc(C)cc1C. The first-order valence-electron chi connectivity index (χ1n) is 7.54. The van der Waals surface area contributed by atoms with E-state index in [4.69, 9.17) is 0 Å². The van der Waals surface area contributed by atoms with E-state index in [-0.39, 0.29) is 0 Å². The molecule has 120 valence electrons. The molecule has 0 atom stereocenters. The molecule has 23 heavy (non-hydrogen) atoms. The van der Waals surface area contributed by atoms with Crippen molar-refractivity contribution in [3.8, 4) is 5.69 Å². The van der Waals surface area contributed by atoms with Crippen LogP contribution in [0.25, 0.3) is 5.69 Å². The van der Waals surface area contributed by atoms with E-state index >= 15 is 0 Å². The smallest absolute Gasteiger partial charge is 0.196 e.